The van der Waals surface area contributed by atoms with Gasteiger partial charge in [0, 0.05) is 25.8 Å². The van der Waals surface area contributed by atoms with Crippen LogP contribution in [0.15, 0.2) is 18.5 Å². The summed E-state index contributed by atoms with van der Waals surface area (Å²) in [5.41, 5.74) is 7.14. The summed E-state index contributed by atoms with van der Waals surface area (Å²) in [6.45, 7) is 3.50. The van der Waals surface area contributed by atoms with E-state index in [0.717, 1.165) is 12.1 Å². The first kappa shape index (κ1) is 14.7. The second-order valence-corrected chi connectivity index (χ2v) is 5.98. The molecule has 18 heavy (non-hydrogen) atoms. The SMILES string of the molecule is CCN(CCCNc1ccncc1N)S(C)(=O)=O. The molecule has 3 N–H and O–H groups in total. The van der Waals surface area contributed by atoms with E-state index in [0.29, 0.717) is 25.3 Å². The fourth-order valence-electron chi connectivity index (χ4n) is 1.60. The van der Waals surface area contributed by atoms with Crippen molar-refractivity contribution in [2.75, 3.05) is 36.9 Å². The molecule has 0 bridgehead atoms. The molecule has 0 saturated heterocycles. The standard InChI is InChI=1S/C11H20N4O2S/c1-3-15(18(2,16)17)8-4-6-14-11-5-7-13-9-10(11)12/h5,7,9H,3-4,6,8,12H2,1-2H3,(H,13,14). The predicted molar refractivity (Wildman–Crippen MR) is 73.8 cm³/mol. The number of nitrogen functional groups attached to an aromatic ring is 1. The topological polar surface area (TPSA) is 88.3 Å². The Morgan fingerprint density at radius 2 is 2.22 bits per heavy atom. The molecule has 6 nitrogen and oxygen atoms in total. The molecule has 0 aromatic carbocycles. The molecule has 1 aromatic heterocycles. The van der Waals surface area contributed by atoms with Crippen LogP contribution in [0.3, 0.4) is 0 Å². The Morgan fingerprint density at radius 1 is 1.50 bits per heavy atom. The van der Waals surface area contributed by atoms with E-state index in [1.54, 1.807) is 18.5 Å². The highest BCUT2D eigenvalue weighted by atomic mass is 32.2. The number of anilines is 2. The van der Waals surface area contributed by atoms with Gasteiger partial charge in [-0.05, 0) is 12.5 Å². The normalized spacial score (nSPS) is 11.7. The number of pyridine rings is 1. The minimum Gasteiger partial charge on any atom is -0.396 e. The number of hydrogen-bond acceptors (Lipinski definition) is 5. The van der Waals surface area contributed by atoms with Crippen molar-refractivity contribution in [2.45, 2.75) is 13.3 Å². The van der Waals surface area contributed by atoms with Crippen LogP contribution in [0.25, 0.3) is 0 Å². The van der Waals surface area contributed by atoms with E-state index in [-0.39, 0.29) is 0 Å². The fraction of sp³-hybridized carbons (Fsp3) is 0.545. The minimum atomic E-state index is -3.10. The lowest BCUT2D eigenvalue weighted by atomic mass is 10.3. The fourth-order valence-corrected chi connectivity index (χ4v) is 2.53. The van der Waals surface area contributed by atoms with Crippen molar-refractivity contribution >= 4 is 21.4 Å². The summed E-state index contributed by atoms with van der Waals surface area (Å²) in [4.78, 5) is 3.89. The lowest BCUT2D eigenvalue weighted by molar-refractivity contribution is 0.429. The minimum absolute atomic E-state index is 0.496. The zero-order valence-corrected chi connectivity index (χ0v) is 11.6. The van der Waals surface area contributed by atoms with E-state index in [1.165, 1.54) is 10.6 Å². The number of aromatic nitrogens is 1. The second-order valence-electron chi connectivity index (χ2n) is 4.00. The molecule has 1 heterocycles. The van der Waals surface area contributed by atoms with E-state index in [2.05, 4.69) is 10.3 Å². The van der Waals surface area contributed by atoms with E-state index in [4.69, 9.17) is 5.73 Å². The first-order valence-corrected chi connectivity index (χ1v) is 7.68. The molecule has 0 atom stereocenters. The highest BCUT2D eigenvalue weighted by Crippen LogP contribution is 2.14. The van der Waals surface area contributed by atoms with Crippen LogP contribution in [0.1, 0.15) is 13.3 Å². The summed E-state index contributed by atoms with van der Waals surface area (Å²) in [6.07, 6.45) is 5.19. The molecular weight excluding hydrogens is 252 g/mol. The van der Waals surface area contributed by atoms with Crippen molar-refractivity contribution < 1.29 is 8.42 Å². The van der Waals surface area contributed by atoms with Crippen molar-refractivity contribution in [2.24, 2.45) is 0 Å². The van der Waals surface area contributed by atoms with Crippen molar-refractivity contribution in [3.8, 4) is 0 Å². The number of nitrogens with one attached hydrogen (secondary N) is 1. The Bertz CT molecular complexity index is 476. The first-order valence-electron chi connectivity index (χ1n) is 5.83. The summed E-state index contributed by atoms with van der Waals surface area (Å²) >= 11 is 0. The van der Waals surface area contributed by atoms with Crippen molar-refractivity contribution in [1.82, 2.24) is 9.29 Å². The lowest BCUT2D eigenvalue weighted by Crippen LogP contribution is -2.31. The Kier molecular flexibility index (Phi) is 5.36. The zero-order valence-electron chi connectivity index (χ0n) is 10.8. The van der Waals surface area contributed by atoms with Crippen LogP contribution < -0.4 is 11.1 Å². The highest BCUT2D eigenvalue weighted by Gasteiger charge is 2.12. The van der Waals surface area contributed by atoms with Crippen molar-refractivity contribution in [3.05, 3.63) is 18.5 Å². The Labute approximate surface area is 108 Å². The lowest BCUT2D eigenvalue weighted by Gasteiger charge is -2.18. The van der Waals surface area contributed by atoms with Gasteiger partial charge in [-0.1, -0.05) is 6.92 Å². The third kappa shape index (κ3) is 4.50. The summed E-state index contributed by atoms with van der Waals surface area (Å²) in [7, 11) is -3.10. The predicted octanol–water partition coefficient (Wildman–Crippen LogP) is 0.747. The summed E-state index contributed by atoms with van der Waals surface area (Å²) in [5, 5.41) is 3.16. The van der Waals surface area contributed by atoms with Gasteiger partial charge in [0.15, 0.2) is 0 Å². The average molecular weight is 272 g/mol. The van der Waals surface area contributed by atoms with Gasteiger partial charge in [0.1, 0.15) is 0 Å². The highest BCUT2D eigenvalue weighted by molar-refractivity contribution is 7.88. The third-order valence-corrected chi connectivity index (χ3v) is 3.95. The molecule has 0 fully saturated rings. The van der Waals surface area contributed by atoms with E-state index >= 15 is 0 Å². The molecule has 0 aliphatic rings. The number of rotatable bonds is 7. The van der Waals surface area contributed by atoms with Gasteiger partial charge < -0.3 is 11.1 Å². The van der Waals surface area contributed by atoms with E-state index in [1.807, 2.05) is 6.92 Å². The molecule has 0 spiro atoms. The number of nitrogens with two attached hydrogens (primary N) is 1. The molecule has 0 aliphatic carbocycles. The summed E-state index contributed by atoms with van der Waals surface area (Å²) in [6, 6.07) is 1.80. The van der Waals surface area contributed by atoms with Crippen LogP contribution in [-0.2, 0) is 10.0 Å². The molecule has 0 amide bonds. The van der Waals surface area contributed by atoms with Gasteiger partial charge >= 0.3 is 0 Å². The number of sulfonamides is 1. The largest absolute Gasteiger partial charge is 0.396 e. The van der Waals surface area contributed by atoms with Gasteiger partial charge in [-0.3, -0.25) is 4.98 Å². The van der Waals surface area contributed by atoms with Gasteiger partial charge in [0.05, 0.1) is 23.8 Å². The summed E-state index contributed by atoms with van der Waals surface area (Å²) < 4.78 is 24.2. The maximum atomic E-state index is 11.4. The van der Waals surface area contributed by atoms with Gasteiger partial charge in [0.25, 0.3) is 0 Å². The van der Waals surface area contributed by atoms with Gasteiger partial charge in [-0.2, -0.15) is 0 Å². The molecular formula is C11H20N4O2S. The smallest absolute Gasteiger partial charge is 0.211 e. The summed E-state index contributed by atoms with van der Waals surface area (Å²) in [5.74, 6) is 0. The van der Waals surface area contributed by atoms with Crippen LogP contribution >= 0.6 is 0 Å². The number of nitrogens with zero attached hydrogens (tertiary/aromatic N) is 2. The molecule has 1 rings (SSSR count). The Hall–Kier alpha value is -1.34. The zero-order chi connectivity index (χ0) is 13.6. The van der Waals surface area contributed by atoms with Crippen molar-refractivity contribution in [3.63, 3.8) is 0 Å². The molecule has 0 saturated carbocycles. The maximum absolute atomic E-state index is 11.4. The molecule has 0 aliphatic heterocycles. The molecule has 102 valence electrons. The molecule has 0 unspecified atom stereocenters. The monoisotopic (exact) mass is 272 g/mol. The van der Waals surface area contributed by atoms with Crippen LogP contribution in [0.4, 0.5) is 11.4 Å². The van der Waals surface area contributed by atoms with Crippen LogP contribution in [-0.4, -0.2) is 43.6 Å². The Balaban J connectivity index is 2.37. The molecule has 0 radical (unpaired) electrons. The van der Waals surface area contributed by atoms with E-state index < -0.39 is 10.0 Å². The van der Waals surface area contributed by atoms with Crippen LogP contribution in [0.2, 0.25) is 0 Å². The molecule has 1 aromatic rings. The van der Waals surface area contributed by atoms with Crippen LogP contribution in [0.5, 0.6) is 0 Å². The van der Waals surface area contributed by atoms with Crippen molar-refractivity contribution in [1.29, 1.82) is 0 Å². The van der Waals surface area contributed by atoms with Gasteiger partial charge in [-0.15, -0.1) is 0 Å². The third-order valence-electron chi connectivity index (χ3n) is 2.57. The average Bonchev–Trinajstić information content (AvgIpc) is 2.29. The van der Waals surface area contributed by atoms with Crippen LogP contribution in [0, 0.1) is 0 Å². The number of hydrogen-bond donors (Lipinski definition) is 2. The second kappa shape index (κ2) is 6.55. The van der Waals surface area contributed by atoms with Gasteiger partial charge in [0.2, 0.25) is 10.0 Å². The Morgan fingerprint density at radius 3 is 2.78 bits per heavy atom. The first-order chi connectivity index (χ1) is 8.45. The van der Waals surface area contributed by atoms with E-state index in [9.17, 15) is 8.42 Å². The molecule has 7 heteroatoms. The van der Waals surface area contributed by atoms with Gasteiger partial charge in [-0.25, -0.2) is 12.7 Å². The maximum Gasteiger partial charge on any atom is 0.211 e. The quantitative estimate of drug-likeness (QED) is 0.715.